The standard InChI is InChI=1S/C12H18N2O/c1-12(2,3)9-14(4)11-6-5-10(8-15)7-13-11/h5-8H,9H2,1-4H3. The van der Waals surface area contributed by atoms with Gasteiger partial charge in [0.2, 0.25) is 0 Å². The van der Waals surface area contributed by atoms with Crippen molar-refractivity contribution >= 4 is 12.1 Å². The van der Waals surface area contributed by atoms with Crippen LogP contribution in [-0.2, 0) is 0 Å². The maximum absolute atomic E-state index is 10.5. The van der Waals surface area contributed by atoms with Gasteiger partial charge in [0, 0.05) is 25.4 Å². The van der Waals surface area contributed by atoms with Gasteiger partial charge in [0.1, 0.15) is 5.82 Å². The molecule has 0 aliphatic carbocycles. The van der Waals surface area contributed by atoms with Crippen molar-refractivity contribution in [3.05, 3.63) is 23.9 Å². The second-order valence-corrected chi connectivity index (χ2v) is 4.98. The average Bonchev–Trinajstić information content (AvgIpc) is 2.15. The topological polar surface area (TPSA) is 33.2 Å². The molecule has 0 bridgehead atoms. The van der Waals surface area contributed by atoms with Crippen molar-refractivity contribution in [2.45, 2.75) is 20.8 Å². The first-order chi connectivity index (χ1) is 6.92. The molecule has 0 fully saturated rings. The molecule has 3 heteroatoms. The minimum absolute atomic E-state index is 0.236. The van der Waals surface area contributed by atoms with Crippen LogP contribution in [0.5, 0.6) is 0 Å². The molecule has 0 aliphatic rings. The zero-order valence-corrected chi connectivity index (χ0v) is 9.82. The van der Waals surface area contributed by atoms with Gasteiger partial charge in [0.25, 0.3) is 0 Å². The Labute approximate surface area is 91.1 Å². The maximum Gasteiger partial charge on any atom is 0.151 e. The zero-order valence-electron chi connectivity index (χ0n) is 9.82. The van der Waals surface area contributed by atoms with E-state index in [9.17, 15) is 4.79 Å². The Morgan fingerprint density at radius 1 is 1.40 bits per heavy atom. The van der Waals surface area contributed by atoms with Gasteiger partial charge in [0.05, 0.1) is 0 Å². The number of pyridine rings is 1. The van der Waals surface area contributed by atoms with Gasteiger partial charge in [-0.1, -0.05) is 20.8 Å². The fourth-order valence-corrected chi connectivity index (χ4v) is 1.49. The van der Waals surface area contributed by atoms with E-state index in [0.29, 0.717) is 5.56 Å². The van der Waals surface area contributed by atoms with Crippen LogP contribution in [0, 0.1) is 5.41 Å². The van der Waals surface area contributed by atoms with E-state index in [-0.39, 0.29) is 5.41 Å². The first kappa shape index (κ1) is 11.7. The van der Waals surface area contributed by atoms with Gasteiger partial charge in [-0.05, 0) is 17.5 Å². The van der Waals surface area contributed by atoms with E-state index in [1.54, 1.807) is 12.3 Å². The Bertz CT molecular complexity index is 324. The Morgan fingerprint density at radius 2 is 2.07 bits per heavy atom. The van der Waals surface area contributed by atoms with E-state index in [1.807, 2.05) is 13.1 Å². The molecule has 0 atom stereocenters. The molecular weight excluding hydrogens is 188 g/mol. The van der Waals surface area contributed by atoms with Crippen molar-refractivity contribution in [2.24, 2.45) is 5.41 Å². The molecule has 15 heavy (non-hydrogen) atoms. The minimum Gasteiger partial charge on any atom is -0.359 e. The predicted octanol–water partition coefficient (Wildman–Crippen LogP) is 2.38. The average molecular weight is 206 g/mol. The molecule has 0 saturated heterocycles. The molecule has 82 valence electrons. The van der Waals surface area contributed by atoms with Crippen molar-refractivity contribution < 1.29 is 4.79 Å². The summed E-state index contributed by atoms with van der Waals surface area (Å²) in [6.07, 6.45) is 2.40. The molecular formula is C12H18N2O. The summed E-state index contributed by atoms with van der Waals surface area (Å²) >= 11 is 0. The van der Waals surface area contributed by atoms with Crippen LogP contribution in [0.3, 0.4) is 0 Å². The molecule has 1 rings (SSSR count). The van der Waals surface area contributed by atoms with E-state index in [1.165, 1.54) is 0 Å². The van der Waals surface area contributed by atoms with Gasteiger partial charge in [-0.15, -0.1) is 0 Å². The number of aromatic nitrogens is 1. The van der Waals surface area contributed by atoms with Gasteiger partial charge >= 0.3 is 0 Å². The monoisotopic (exact) mass is 206 g/mol. The molecule has 0 spiro atoms. The van der Waals surface area contributed by atoms with Gasteiger partial charge in [-0.25, -0.2) is 4.98 Å². The first-order valence-corrected chi connectivity index (χ1v) is 5.05. The van der Waals surface area contributed by atoms with Crippen molar-refractivity contribution in [2.75, 3.05) is 18.5 Å². The lowest BCUT2D eigenvalue weighted by molar-refractivity contribution is 0.112. The molecule has 0 aromatic carbocycles. The van der Waals surface area contributed by atoms with Crippen LogP contribution in [0.15, 0.2) is 18.3 Å². The summed E-state index contributed by atoms with van der Waals surface area (Å²) in [7, 11) is 2.01. The minimum atomic E-state index is 0.236. The van der Waals surface area contributed by atoms with Gasteiger partial charge < -0.3 is 4.90 Å². The molecule has 1 aromatic rings. The maximum atomic E-state index is 10.5. The van der Waals surface area contributed by atoms with Crippen molar-refractivity contribution in [1.82, 2.24) is 4.98 Å². The largest absolute Gasteiger partial charge is 0.359 e. The van der Waals surface area contributed by atoms with Crippen molar-refractivity contribution in [3.63, 3.8) is 0 Å². The van der Waals surface area contributed by atoms with Crippen LogP contribution in [0.2, 0.25) is 0 Å². The second kappa shape index (κ2) is 4.43. The molecule has 1 aromatic heterocycles. The van der Waals surface area contributed by atoms with Crippen LogP contribution >= 0.6 is 0 Å². The van der Waals surface area contributed by atoms with E-state index >= 15 is 0 Å². The van der Waals surface area contributed by atoms with Crippen LogP contribution < -0.4 is 4.90 Å². The van der Waals surface area contributed by atoms with Crippen LogP contribution in [0.4, 0.5) is 5.82 Å². The highest BCUT2D eigenvalue weighted by Crippen LogP contribution is 2.18. The highest BCUT2D eigenvalue weighted by atomic mass is 16.1. The first-order valence-electron chi connectivity index (χ1n) is 5.05. The number of aldehydes is 1. The second-order valence-electron chi connectivity index (χ2n) is 4.98. The molecule has 0 unspecified atom stereocenters. The predicted molar refractivity (Wildman–Crippen MR) is 62.3 cm³/mol. The van der Waals surface area contributed by atoms with E-state index < -0.39 is 0 Å². The summed E-state index contributed by atoms with van der Waals surface area (Å²) in [5.74, 6) is 0.899. The number of carbonyl (C=O) groups is 1. The van der Waals surface area contributed by atoms with Crippen LogP contribution in [0.25, 0.3) is 0 Å². The van der Waals surface area contributed by atoms with Gasteiger partial charge in [-0.2, -0.15) is 0 Å². The van der Waals surface area contributed by atoms with Gasteiger partial charge in [0.15, 0.2) is 6.29 Å². The quantitative estimate of drug-likeness (QED) is 0.712. The van der Waals surface area contributed by atoms with E-state index in [4.69, 9.17) is 0 Å². The van der Waals surface area contributed by atoms with Crippen LogP contribution in [0.1, 0.15) is 31.1 Å². The third-order valence-electron chi connectivity index (χ3n) is 2.01. The Morgan fingerprint density at radius 3 is 2.47 bits per heavy atom. The summed E-state index contributed by atoms with van der Waals surface area (Å²) in [5, 5.41) is 0. The lowest BCUT2D eigenvalue weighted by Crippen LogP contribution is -2.29. The molecule has 0 amide bonds. The Kier molecular flexibility index (Phi) is 3.45. The number of hydrogen-bond acceptors (Lipinski definition) is 3. The number of rotatable bonds is 3. The lowest BCUT2D eigenvalue weighted by atomic mass is 9.96. The third kappa shape index (κ3) is 3.70. The normalized spacial score (nSPS) is 11.2. The Hall–Kier alpha value is -1.38. The number of nitrogens with zero attached hydrogens (tertiary/aromatic N) is 2. The lowest BCUT2D eigenvalue weighted by Gasteiger charge is -2.27. The fraction of sp³-hybridized carbons (Fsp3) is 0.500. The SMILES string of the molecule is CN(CC(C)(C)C)c1ccc(C=O)cn1. The third-order valence-corrected chi connectivity index (χ3v) is 2.01. The van der Waals surface area contributed by atoms with Crippen LogP contribution in [-0.4, -0.2) is 24.9 Å². The molecule has 0 radical (unpaired) electrons. The van der Waals surface area contributed by atoms with Crippen molar-refractivity contribution in [3.8, 4) is 0 Å². The zero-order chi connectivity index (χ0) is 11.5. The summed E-state index contributed by atoms with van der Waals surface area (Å²) in [4.78, 5) is 16.8. The Balaban J connectivity index is 2.74. The van der Waals surface area contributed by atoms with E-state index in [0.717, 1.165) is 18.6 Å². The smallest absolute Gasteiger partial charge is 0.151 e. The molecule has 1 heterocycles. The fourth-order valence-electron chi connectivity index (χ4n) is 1.49. The number of hydrogen-bond donors (Lipinski definition) is 0. The molecule has 0 saturated carbocycles. The summed E-state index contributed by atoms with van der Waals surface area (Å²) in [6.45, 7) is 7.48. The molecule has 0 N–H and O–H groups in total. The highest BCUT2D eigenvalue weighted by molar-refractivity contribution is 5.74. The molecule has 0 aliphatic heterocycles. The molecule has 3 nitrogen and oxygen atoms in total. The highest BCUT2D eigenvalue weighted by Gasteiger charge is 2.14. The number of anilines is 1. The van der Waals surface area contributed by atoms with E-state index in [2.05, 4.69) is 30.7 Å². The summed E-state index contributed by atoms with van der Waals surface area (Å²) < 4.78 is 0. The summed E-state index contributed by atoms with van der Waals surface area (Å²) in [6, 6.07) is 3.66. The number of carbonyl (C=O) groups excluding carboxylic acids is 1. The van der Waals surface area contributed by atoms with Crippen molar-refractivity contribution in [1.29, 1.82) is 0 Å². The summed E-state index contributed by atoms with van der Waals surface area (Å²) in [5.41, 5.74) is 0.850. The van der Waals surface area contributed by atoms with Gasteiger partial charge in [-0.3, -0.25) is 4.79 Å².